The first-order chi connectivity index (χ1) is 6.29. The van der Waals surface area contributed by atoms with Crippen molar-refractivity contribution in [2.24, 2.45) is 0 Å². The van der Waals surface area contributed by atoms with Crippen molar-refractivity contribution in [3.05, 3.63) is 23.9 Å². The molecule has 1 N–H and O–H groups in total. The lowest BCUT2D eigenvalue weighted by atomic mass is 10.1. The highest BCUT2D eigenvalue weighted by molar-refractivity contribution is 5.93. The summed E-state index contributed by atoms with van der Waals surface area (Å²) in [7, 11) is 0. The van der Waals surface area contributed by atoms with E-state index in [1.165, 1.54) is 0 Å². The van der Waals surface area contributed by atoms with Gasteiger partial charge in [0, 0.05) is 19.3 Å². The maximum Gasteiger partial charge on any atom is 0.339 e. The number of carboxylic acid groups (broad SMARTS) is 1. The number of pyridine rings is 1. The first-order valence-corrected chi connectivity index (χ1v) is 4.22. The van der Waals surface area contributed by atoms with Crippen LogP contribution in [-0.4, -0.2) is 29.1 Å². The average Bonchev–Trinajstić information content (AvgIpc) is 2.02. The molecule has 1 aromatic rings. The standard InChI is InChI=1S/C9H10N2O2/c12-9(13)7-3-1-4-10-8(7)11-5-2-6-11/h1,3-4H,2,5-6H2,(H,12,13). The first kappa shape index (κ1) is 8.04. The highest BCUT2D eigenvalue weighted by Crippen LogP contribution is 2.21. The van der Waals surface area contributed by atoms with Gasteiger partial charge in [0.15, 0.2) is 0 Å². The Morgan fingerprint density at radius 1 is 1.54 bits per heavy atom. The van der Waals surface area contributed by atoms with E-state index in [2.05, 4.69) is 4.98 Å². The highest BCUT2D eigenvalue weighted by atomic mass is 16.4. The molecule has 2 heterocycles. The third-order valence-corrected chi connectivity index (χ3v) is 2.17. The van der Waals surface area contributed by atoms with Crippen molar-refractivity contribution < 1.29 is 9.90 Å². The fourth-order valence-corrected chi connectivity index (χ4v) is 1.34. The lowest BCUT2D eigenvalue weighted by Crippen LogP contribution is -2.38. The van der Waals surface area contributed by atoms with Gasteiger partial charge in [-0.3, -0.25) is 0 Å². The molecule has 1 aliphatic heterocycles. The number of hydrogen-bond acceptors (Lipinski definition) is 3. The number of aromatic carboxylic acids is 1. The van der Waals surface area contributed by atoms with Crippen LogP contribution in [0.25, 0.3) is 0 Å². The van der Waals surface area contributed by atoms with Crippen LogP contribution in [0.3, 0.4) is 0 Å². The van der Waals surface area contributed by atoms with Gasteiger partial charge in [0.2, 0.25) is 0 Å². The molecule has 1 aromatic heterocycles. The molecule has 4 heteroatoms. The quantitative estimate of drug-likeness (QED) is 0.733. The van der Waals surface area contributed by atoms with E-state index in [1.54, 1.807) is 18.3 Å². The first-order valence-electron chi connectivity index (χ1n) is 4.22. The van der Waals surface area contributed by atoms with E-state index < -0.39 is 5.97 Å². The number of carbonyl (C=O) groups is 1. The predicted molar refractivity (Wildman–Crippen MR) is 48.0 cm³/mol. The van der Waals surface area contributed by atoms with Crippen LogP contribution in [0.4, 0.5) is 5.82 Å². The smallest absolute Gasteiger partial charge is 0.339 e. The Balaban J connectivity index is 2.36. The van der Waals surface area contributed by atoms with Crippen LogP contribution >= 0.6 is 0 Å². The fourth-order valence-electron chi connectivity index (χ4n) is 1.34. The summed E-state index contributed by atoms with van der Waals surface area (Å²) in [5.41, 5.74) is 0.294. The van der Waals surface area contributed by atoms with Gasteiger partial charge in [0.25, 0.3) is 0 Å². The molecule has 0 unspecified atom stereocenters. The molecule has 2 rings (SSSR count). The highest BCUT2D eigenvalue weighted by Gasteiger charge is 2.21. The van der Waals surface area contributed by atoms with Crippen molar-refractivity contribution >= 4 is 11.8 Å². The van der Waals surface area contributed by atoms with E-state index in [-0.39, 0.29) is 0 Å². The van der Waals surface area contributed by atoms with E-state index in [0.29, 0.717) is 11.4 Å². The number of rotatable bonds is 2. The SMILES string of the molecule is O=C(O)c1cccnc1N1CCC1. The van der Waals surface area contributed by atoms with Gasteiger partial charge in [-0.2, -0.15) is 0 Å². The predicted octanol–water partition coefficient (Wildman–Crippen LogP) is 0.990. The Morgan fingerprint density at radius 3 is 2.85 bits per heavy atom. The zero-order valence-corrected chi connectivity index (χ0v) is 7.10. The van der Waals surface area contributed by atoms with Gasteiger partial charge in [-0.25, -0.2) is 9.78 Å². The normalized spacial score (nSPS) is 15.2. The number of nitrogens with zero attached hydrogens (tertiary/aromatic N) is 2. The molecule has 1 saturated heterocycles. The summed E-state index contributed by atoms with van der Waals surface area (Å²) in [5, 5.41) is 8.87. The molecule has 0 aliphatic carbocycles. The van der Waals surface area contributed by atoms with E-state index in [4.69, 9.17) is 5.11 Å². The van der Waals surface area contributed by atoms with E-state index >= 15 is 0 Å². The summed E-state index contributed by atoms with van der Waals surface area (Å²) in [6, 6.07) is 3.23. The molecule has 0 radical (unpaired) electrons. The third-order valence-electron chi connectivity index (χ3n) is 2.17. The molecule has 0 bridgehead atoms. The summed E-state index contributed by atoms with van der Waals surface area (Å²) < 4.78 is 0. The number of anilines is 1. The third kappa shape index (κ3) is 1.35. The van der Waals surface area contributed by atoms with Crippen LogP contribution in [0.1, 0.15) is 16.8 Å². The molecule has 0 spiro atoms. The Bertz CT molecular complexity index is 334. The maximum atomic E-state index is 10.8. The average molecular weight is 178 g/mol. The molecule has 1 fully saturated rings. The summed E-state index contributed by atoms with van der Waals surface area (Å²) in [6.45, 7) is 1.83. The van der Waals surface area contributed by atoms with Crippen molar-refractivity contribution in [1.82, 2.24) is 4.98 Å². The Labute approximate surface area is 75.8 Å². The summed E-state index contributed by atoms with van der Waals surface area (Å²) in [4.78, 5) is 16.8. The van der Waals surface area contributed by atoms with Crippen molar-refractivity contribution in [3.63, 3.8) is 0 Å². The Kier molecular flexibility index (Phi) is 1.88. The molecule has 0 amide bonds. The van der Waals surface area contributed by atoms with Gasteiger partial charge < -0.3 is 10.0 Å². The van der Waals surface area contributed by atoms with Gasteiger partial charge in [-0.15, -0.1) is 0 Å². The van der Waals surface area contributed by atoms with Gasteiger partial charge in [-0.1, -0.05) is 0 Å². The topological polar surface area (TPSA) is 53.4 Å². The van der Waals surface area contributed by atoms with Crippen LogP contribution in [0.2, 0.25) is 0 Å². The zero-order valence-electron chi connectivity index (χ0n) is 7.10. The van der Waals surface area contributed by atoms with Crippen molar-refractivity contribution in [2.45, 2.75) is 6.42 Å². The second kappa shape index (κ2) is 3.05. The Hall–Kier alpha value is -1.58. The fraction of sp³-hybridized carbons (Fsp3) is 0.333. The van der Waals surface area contributed by atoms with Crippen molar-refractivity contribution in [3.8, 4) is 0 Å². The molecule has 0 saturated carbocycles. The number of hydrogen-bond donors (Lipinski definition) is 1. The summed E-state index contributed by atoms with van der Waals surface area (Å²) in [5.74, 6) is -0.309. The lowest BCUT2D eigenvalue weighted by molar-refractivity contribution is 0.0697. The molecule has 13 heavy (non-hydrogen) atoms. The Morgan fingerprint density at radius 2 is 2.31 bits per heavy atom. The van der Waals surface area contributed by atoms with Crippen LogP contribution in [0.5, 0.6) is 0 Å². The van der Waals surface area contributed by atoms with Crippen molar-refractivity contribution in [2.75, 3.05) is 18.0 Å². The molecule has 0 atom stereocenters. The minimum Gasteiger partial charge on any atom is -0.478 e. The molecule has 1 aliphatic rings. The molecular weight excluding hydrogens is 168 g/mol. The largest absolute Gasteiger partial charge is 0.478 e. The maximum absolute atomic E-state index is 10.8. The minimum absolute atomic E-state index is 0.294. The monoisotopic (exact) mass is 178 g/mol. The molecule has 0 aromatic carbocycles. The number of carboxylic acids is 1. The number of aromatic nitrogens is 1. The van der Waals surface area contributed by atoms with Crippen LogP contribution in [0.15, 0.2) is 18.3 Å². The van der Waals surface area contributed by atoms with E-state index in [0.717, 1.165) is 19.5 Å². The van der Waals surface area contributed by atoms with Crippen LogP contribution in [0, 0.1) is 0 Å². The second-order valence-electron chi connectivity index (χ2n) is 3.02. The minimum atomic E-state index is -0.907. The molecular formula is C9H10N2O2. The second-order valence-corrected chi connectivity index (χ2v) is 3.02. The van der Waals surface area contributed by atoms with Crippen LogP contribution < -0.4 is 4.90 Å². The van der Waals surface area contributed by atoms with Crippen LogP contribution in [-0.2, 0) is 0 Å². The lowest BCUT2D eigenvalue weighted by Gasteiger charge is -2.32. The summed E-state index contributed by atoms with van der Waals surface area (Å²) in [6.07, 6.45) is 2.75. The van der Waals surface area contributed by atoms with Gasteiger partial charge in [-0.05, 0) is 18.6 Å². The van der Waals surface area contributed by atoms with E-state index in [1.807, 2.05) is 4.90 Å². The molecule has 68 valence electrons. The zero-order chi connectivity index (χ0) is 9.26. The van der Waals surface area contributed by atoms with E-state index in [9.17, 15) is 4.79 Å². The summed E-state index contributed by atoms with van der Waals surface area (Å²) >= 11 is 0. The van der Waals surface area contributed by atoms with Gasteiger partial charge in [0.05, 0.1) is 0 Å². The molecule has 4 nitrogen and oxygen atoms in total. The van der Waals surface area contributed by atoms with Crippen molar-refractivity contribution in [1.29, 1.82) is 0 Å². The van der Waals surface area contributed by atoms with Gasteiger partial charge >= 0.3 is 5.97 Å². The van der Waals surface area contributed by atoms with Gasteiger partial charge in [0.1, 0.15) is 11.4 Å².